The quantitative estimate of drug-likeness (QED) is 0.123. The van der Waals surface area contributed by atoms with E-state index in [1.165, 1.54) is 11.1 Å². The molecule has 0 atom stereocenters. The van der Waals surface area contributed by atoms with E-state index in [4.69, 9.17) is 9.47 Å². The third-order valence-corrected chi connectivity index (χ3v) is 5.76. The fourth-order valence-electron chi connectivity index (χ4n) is 3.54. The molecule has 2 aromatic carbocycles. The Labute approximate surface area is 238 Å². The van der Waals surface area contributed by atoms with E-state index in [1.807, 2.05) is 48.5 Å². The Hall–Kier alpha value is -5.50. The fraction of sp³-hybridized carbons (Fsp3) is 0.0909. The molecule has 204 valence electrons. The summed E-state index contributed by atoms with van der Waals surface area (Å²) >= 11 is 0. The van der Waals surface area contributed by atoms with E-state index in [-0.39, 0.29) is 13.2 Å². The number of esters is 2. The minimum atomic E-state index is -0.467. The van der Waals surface area contributed by atoms with Crippen LogP contribution in [-0.4, -0.2) is 34.3 Å². The highest BCUT2D eigenvalue weighted by Crippen LogP contribution is 2.19. The summed E-state index contributed by atoms with van der Waals surface area (Å²) in [5.41, 5.74) is 6.96. The number of nitrogens with zero attached hydrogens (tertiary/aromatic N) is 4. The highest BCUT2D eigenvalue weighted by atomic mass is 16.5. The molecule has 0 saturated carbocycles. The fourth-order valence-corrected chi connectivity index (χ4v) is 3.54. The zero-order chi connectivity index (χ0) is 28.9. The molecule has 0 bridgehead atoms. The number of pyridine rings is 2. The third-order valence-electron chi connectivity index (χ3n) is 5.76. The van der Waals surface area contributed by atoms with Crippen molar-refractivity contribution in [3.8, 4) is 0 Å². The monoisotopic (exact) mass is 544 g/mol. The Kier molecular flexibility index (Phi) is 10.1. The molecule has 4 rings (SSSR count). The summed E-state index contributed by atoms with van der Waals surface area (Å²) in [6.07, 6.45) is 9.73. The van der Waals surface area contributed by atoms with Crippen LogP contribution in [0.15, 0.2) is 120 Å². The van der Waals surface area contributed by atoms with Crippen LogP contribution in [0, 0.1) is 0 Å². The lowest BCUT2D eigenvalue weighted by molar-refractivity contribution is -0.139. The van der Waals surface area contributed by atoms with Crippen molar-refractivity contribution in [1.29, 1.82) is 0 Å². The maximum Gasteiger partial charge on any atom is 0.330 e. The average molecular weight is 545 g/mol. The van der Waals surface area contributed by atoms with Crippen LogP contribution in [0.2, 0.25) is 0 Å². The summed E-state index contributed by atoms with van der Waals surface area (Å²) in [5.74, 6) is -0.935. The molecule has 0 aliphatic carbocycles. The molecule has 0 spiro atoms. The van der Waals surface area contributed by atoms with Gasteiger partial charge >= 0.3 is 11.9 Å². The van der Waals surface area contributed by atoms with E-state index in [9.17, 15) is 9.59 Å². The van der Waals surface area contributed by atoms with Crippen molar-refractivity contribution in [3.63, 3.8) is 0 Å². The van der Waals surface area contributed by atoms with Gasteiger partial charge in [0.25, 0.3) is 0 Å². The van der Waals surface area contributed by atoms with Gasteiger partial charge in [0.05, 0.1) is 35.2 Å². The zero-order valence-electron chi connectivity index (χ0n) is 22.3. The number of aliphatic imine (C=N–C) groups is 2. The third kappa shape index (κ3) is 9.33. The van der Waals surface area contributed by atoms with E-state index in [0.717, 1.165) is 41.1 Å². The predicted molar refractivity (Wildman–Crippen MR) is 159 cm³/mol. The molecule has 0 N–H and O–H groups in total. The molecular weight excluding hydrogens is 516 g/mol. The molecule has 0 aliphatic heterocycles. The van der Waals surface area contributed by atoms with Crippen molar-refractivity contribution in [2.75, 3.05) is 0 Å². The van der Waals surface area contributed by atoms with Crippen LogP contribution in [0.3, 0.4) is 0 Å². The topological polar surface area (TPSA) is 103 Å². The van der Waals surface area contributed by atoms with E-state index in [1.54, 1.807) is 24.8 Å². The normalized spacial score (nSPS) is 10.9. The van der Waals surface area contributed by atoms with Crippen LogP contribution in [0.1, 0.15) is 33.6 Å². The molecule has 41 heavy (non-hydrogen) atoms. The number of carbonyl (C=O) groups excluding carboxylic acids is 2. The SMILES string of the molecule is C=CC(=O)OCc1ccc(C=Nc2ccc(Cc3ccc(N=Cc4ccc(COC(=O)C=C)cn4)cc3)cc2)nc1. The van der Waals surface area contributed by atoms with Gasteiger partial charge < -0.3 is 9.47 Å². The first-order valence-electron chi connectivity index (χ1n) is 12.7. The van der Waals surface area contributed by atoms with Crippen LogP contribution in [-0.2, 0) is 38.7 Å². The van der Waals surface area contributed by atoms with Crippen LogP contribution in [0.5, 0.6) is 0 Å². The highest BCUT2D eigenvalue weighted by molar-refractivity contribution is 5.82. The summed E-state index contributed by atoms with van der Waals surface area (Å²) in [6, 6.07) is 23.4. The van der Waals surface area contributed by atoms with Crippen molar-refractivity contribution < 1.29 is 19.1 Å². The van der Waals surface area contributed by atoms with Crippen molar-refractivity contribution in [2.24, 2.45) is 9.98 Å². The molecule has 0 fully saturated rings. The minimum absolute atomic E-state index is 0.151. The van der Waals surface area contributed by atoms with Crippen LogP contribution in [0.4, 0.5) is 11.4 Å². The summed E-state index contributed by atoms with van der Waals surface area (Å²) in [5, 5.41) is 0. The zero-order valence-corrected chi connectivity index (χ0v) is 22.3. The molecule has 0 saturated heterocycles. The molecule has 0 amide bonds. The summed E-state index contributed by atoms with van der Waals surface area (Å²) in [4.78, 5) is 40.0. The Morgan fingerprint density at radius 3 is 1.34 bits per heavy atom. The average Bonchev–Trinajstić information content (AvgIpc) is 3.02. The maximum atomic E-state index is 11.2. The van der Waals surface area contributed by atoms with Crippen molar-refractivity contribution in [3.05, 3.63) is 144 Å². The van der Waals surface area contributed by atoms with E-state index < -0.39 is 11.9 Å². The smallest absolute Gasteiger partial charge is 0.330 e. The first kappa shape index (κ1) is 28.5. The second-order valence-electron chi connectivity index (χ2n) is 8.83. The van der Waals surface area contributed by atoms with Crippen LogP contribution in [0.25, 0.3) is 0 Å². The first-order valence-corrected chi connectivity index (χ1v) is 12.7. The Morgan fingerprint density at radius 2 is 1.00 bits per heavy atom. The van der Waals surface area contributed by atoms with Gasteiger partial charge in [-0.2, -0.15) is 0 Å². The summed E-state index contributed by atoms with van der Waals surface area (Å²) in [6.45, 7) is 7.04. The number of benzene rings is 2. The van der Waals surface area contributed by atoms with Gasteiger partial charge in [0.15, 0.2) is 0 Å². The van der Waals surface area contributed by atoms with E-state index in [0.29, 0.717) is 11.4 Å². The Morgan fingerprint density at radius 1 is 0.610 bits per heavy atom. The molecule has 0 aliphatic rings. The van der Waals surface area contributed by atoms with Gasteiger partial charge in [0, 0.05) is 35.7 Å². The van der Waals surface area contributed by atoms with Crippen molar-refractivity contribution >= 4 is 35.7 Å². The summed E-state index contributed by atoms with van der Waals surface area (Å²) < 4.78 is 10.00. The number of carbonyl (C=O) groups is 2. The van der Waals surface area contributed by atoms with Gasteiger partial charge in [-0.15, -0.1) is 0 Å². The van der Waals surface area contributed by atoms with Crippen molar-refractivity contribution in [2.45, 2.75) is 19.6 Å². The lowest BCUT2D eigenvalue weighted by Gasteiger charge is -2.04. The second-order valence-corrected chi connectivity index (χ2v) is 8.83. The van der Waals surface area contributed by atoms with Gasteiger partial charge in [-0.25, -0.2) is 9.59 Å². The van der Waals surface area contributed by atoms with Gasteiger partial charge in [-0.1, -0.05) is 49.6 Å². The Balaban J connectivity index is 1.26. The van der Waals surface area contributed by atoms with Gasteiger partial charge in [0.1, 0.15) is 13.2 Å². The van der Waals surface area contributed by atoms with Crippen LogP contribution < -0.4 is 0 Å². The molecule has 0 radical (unpaired) electrons. The van der Waals surface area contributed by atoms with Crippen molar-refractivity contribution in [1.82, 2.24) is 9.97 Å². The first-order chi connectivity index (χ1) is 20.0. The van der Waals surface area contributed by atoms with Gasteiger partial charge in [-0.05, 0) is 53.9 Å². The molecule has 8 nitrogen and oxygen atoms in total. The molecule has 2 heterocycles. The minimum Gasteiger partial charge on any atom is -0.458 e. The standard InChI is InChI=1S/C33H28N4O4/c1-3-32(38)40-22-26-9-15-30(34-18-26)20-36-28-11-5-24(6-12-28)17-25-7-13-29(14-8-25)37-21-31-16-10-27(19-35-31)23-41-33(39)4-2/h3-16,18-21H,1-2,17,22-23H2. The predicted octanol–water partition coefficient (Wildman–Crippen LogP) is 6.03. The number of ether oxygens (including phenoxy) is 2. The molecular formula is C33H28N4O4. The van der Waals surface area contributed by atoms with E-state index >= 15 is 0 Å². The summed E-state index contributed by atoms with van der Waals surface area (Å²) in [7, 11) is 0. The van der Waals surface area contributed by atoms with Gasteiger partial charge in [-0.3, -0.25) is 20.0 Å². The van der Waals surface area contributed by atoms with E-state index in [2.05, 4.69) is 57.4 Å². The largest absolute Gasteiger partial charge is 0.458 e. The molecule has 0 unspecified atom stereocenters. The lowest BCUT2D eigenvalue weighted by atomic mass is 10.0. The second kappa shape index (κ2) is 14.6. The van der Waals surface area contributed by atoms with Gasteiger partial charge in [0.2, 0.25) is 0 Å². The molecule has 8 heteroatoms. The Bertz CT molecular complexity index is 1420. The number of hydrogen-bond donors (Lipinski definition) is 0. The maximum absolute atomic E-state index is 11.2. The van der Waals surface area contributed by atoms with Crippen LogP contribution >= 0.6 is 0 Å². The molecule has 4 aromatic rings. The molecule has 2 aromatic heterocycles. The number of hydrogen-bond acceptors (Lipinski definition) is 8. The lowest BCUT2D eigenvalue weighted by Crippen LogP contribution is -2.01. The highest BCUT2D eigenvalue weighted by Gasteiger charge is 2.01. The number of aromatic nitrogens is 2. The number of rotatable bonds is 12.